The van der Waals surface area contributed by atoms with Crippen molar-refractivity contribution in [3.8, 4) is 22.8 Å². The molecule has 0 bridgehead atoms. The number of rotatable bonds is 7. The number of esters is 1. The fraction of sp³-hybridized carbons (Fsp3) is 0.111. The molecule has 0 saturated heterocycles. The first-order valence-electron chi connectivity index (χ1n) is 10.8. The monoisotopic (exact) mass is 487 g/mol. The lowest BCUT2D eigenvalue weighted by molar-refractivity contribution is 0.0600. The van der Waals surface area contributed by atoms with Crippen LogP contribution in [0.15, 0.2) is 85.3 Å². The van der Waals surface area contributed by atoms with Crippen molar-refractivity contribution in [2.45, 2.75) is 13.0 Å². The number of hydrogen-bond acceptors (Lipinski definition) is 6. The molecule has 0 aliphatic carbocycles. The lowest BCUT2D eigenvalue weighted by Gasteiger charge is -2.16. The summed E-state index contributed by atoms with van der Waals surface area (Å²) >= 11 is 6.13. The predicted octanol–water partition coefficient (Wildman–Crippen LogP) is 5.87. The molecule has 0 radical (unpaired) electrons. The van der Waals surface area contributed by atoms with Gasteiger partial charge in [-0.2, -0.15) is 0 Å². The molecule has 2 aromatic heterocycles. The summed E-state index contributed by atoms with van der Waals surface area (Å²) in [5, 5.41) is 3.23. The van der Waals surface area contributed by atoms with Crippen LogP contribution in [-0.2, 0) is 4.74 Å². The van der Waals surface area contributed by atoms with Crippen molar-refractivity contribution < 1.29 is 19.1 Å². The Balaban J connectivity index is 1.54. The predicted molar refractivity (Wildman–Crippen MR) is 133 cm³/mol. The second kappa shape index (κ2) is 10.8. The van der Waals surface area contributed by atoms with Crippen LogP contribution < -0.4 is 10.1 Å². The maximum atomic E-state index is 13.1. The van der Waals surface area contributed by atoms with E-state index in [0.717, 1.165) is 16.7 Å². The third kappa shape index (κ3) is 5.83. The lowest BCUT2D eigenvalue weighted by atomic mass is 10.1. The number of hydrogen-bond donors (Lipinski definition) is 1. The van der Waals surface area contributed by atoms with Crippen molar-refractivity contribution in [1.82, 2.24) is 15.3 Å². The molecule has 0 fully saturated rings. The number of benzene rings is 2. The Morgan fingerprint density at radius 1 is 0.971 bits per heavy atom. The van der Waals surface area contributed by atoms with E-state index in [-0.39, 0.29) is 17.5 Å². The normalized spacial score (nSPS) is 11.4. The van der Waals surface area contributed by atoms with E-state index in [1.165, 1.54) is 19.4 Å². The molecular formula is C27H22ClN3O4. The van der Waals surface area contributed by atoms with Crippen molar-refractivity contribution in [1.29, 1.82) is 0 Å². The van der Waals surface area contributed by atoms with Crippen LogP contribution >= 0.6 is 11.6 Å². The minimum absolute atomic E-state index is 0.128. The van der Waals surface area contributed by atoms with Gasteiger partial charge in [-0.25, -0.2) is 9.78 Å². The Labute approximate surface area is 207 Å². The van der Waals surface area contributed by atoms with Gasteiger partial charge in [0.2, 0.25) is 5.88 Å². The van der Waals surface area contributed by atoms with Gasteiger partial charge < -0.3 is 14.8 Å². The largest absolute Gasteiger partial charge is 0.465 e. The van der Waals surface area contributed by atoms with Crippen LogP contribution in [0.4, 0.5) is 0 Å². The highest BCUT2D eigenvalue weighted by Crippen LogP contribution is 2.29. The van der Waals surface area contributed by atoms with Gasteiger partial charge >= 0.3 is 5.97 Å². The maximum Gasteiger partial charge on any atom is 0.337 e. The zero-order valence-corrected chi connectivity index (χ0v) is 19.8. The van der Waals surface area contributed by atoms with E-state index in [4.69, 9.17) is 21.1 Å². The summed E-state index contributed by atoms with van der Waals surface area (Å²) in [6, 6.07) is 19.2. The third-order valence-electron chi connectivity index (χ3n) is 5.29. The number of nitrogens with one attached hydrogen (secondary N) is 1. The molecule has 35 heavy (non-hydrogen) atoms. The number of carbonyl (C=O) groups excluding carboxylic acids is 2. The van der Waals surface area contributed by atoms with Crippen LogP contribution in [0.2, 0.25) is 5.02 Å². The Morgan fingerprint density at radius 3 is 2.46 bits per heavy atom. The number of amides is 1. The van der Waals surface area contributed by atoms with Gasteiger partial charge in [-0.05, 0) is 54.4 Å². The smallest absolute Gasteiger partial charge is 0.337 e. The van der Waals surface area contributed by atoms with Gasteiger partial charge in [0.05, 0.1) is 23.7 Å². The Bertz CT molecular complexity index is 1340. The fourth-order valence-corrected chi connectivity index (χ4v) is 3.60. The van der Waals surface area contributed by atoms with E-state index < -0.39 is 11.9 Å². The van der Waals surface area contributed by atoms with Crippen molar-refractivity contribution in [2.75, 3.05) is 7.11 Å². The zero-order chi connectivity index (χ0) is 24.8. The van der Waals surface area contributed by atoms with Crippen LogP contribution in [0.3, 0.4) is 0 Å². The van der Waals surface area contributed by atoms with E-state index in [1.54, 1.807) is 42.7 Å². The zero-order valence-electron chi connectivity index (χ0n) is 19.1. The van der Waals surface area contributed by atoms with Gasteiger partial charge in [0.1, 0.15) is 11.3 Å². The van der Waals surface area contributed by atoms with Crippen LogP contribution in [-0.4, -0.2) is 29.0 Å². The molecule has 0 spiro atoms. The van der Waals surface area contributed by atoms with Crippen molar-refractivity contribution in [2.24, 2.45) is 0 Å². The van der Waals surface area contributed by atoms with E-state index in [0.29, 0.717) is 16.3 Å². The summed E-state index contributed by atoms with van der Waals surface area (Å²) in [7, 11) is 1.33. The lowest BCUT2D eigenvalue weighted by Crippen LogP contribution is -2.27. The highest BCUT2D eigenvalue weighted by Gasteiger charge is 2.19. The number of carbonyl (C=O) groups is 2. The summed E-state index contributed by atoms with van der Waals surface area (Å²) in [5.74, 6) is -0.180. The minimum atomic E-state index is -0.423. The highest BCUT2D eigenvalue weighted by atomic mass is 35.5. The molecule has 0 unspecified atom stereocenters. The van der Waals surface area contributed by atoms with Gasteiger partial charge in [-0.3, -0.25) is 9.78 Å². The molecule has 8 heteroatoms. The number of nitrogens with zero attached hydrogens (tertiary/aromatic N) is 2. The van der Waals surface area contributed by atoms with Crippen molar-refractivity contribution >= 4 is 23.5 Å². The minimum Gasteiger partial charge on any atom is -0.465 e. The Morgan fingerprint density at radius 2 is 1.74 bits per heavy atom. The second-order valence-corrected chi connectivity index (χ2v) is 8.12. The van der Waals surface area contributed by atoms with Crippen LogP contribution in [0.25, 0.3) is 11.1 Å². The topological polar surface area (TPSA) is 90.4 Å². The molecular weight excluding hydrogens is 466 g/mol. The first-order valence-corrected chi connectivity index (χ1v) is 11.2. The maximum absolute atomic E-state index is 13.1. The molecule has 4 aromatic rings. The molecule has 0 saturated carbocycles. The van der Waals surface area contributed by atoms with Gasteiger partial charge in [-0.15, -0.1) is 0 Å². The molecule has 7 nitrogen and oxygen atoms in total. The summed E-state index contributed by atoms with van der Waals surface area (Å²) in [6.45, 7) is 1.83. The molecule has 0 aliphatic rings. The van der Waals surface area contributed by atoms with Gasteiger partial charge in [0.15, 0.2) is 0 Å². The first kappa shape index (κ1) is 23.9. The van der Waals surface area contributed by atoms with Crippen molar-refractivity contribution in [3.05, 3.63) is 107 Å². The number of halogens is 1. The third-order valence-corrected chi connectivity index (χ3v) is 5.49. The SMILES string of the molecule is COC(=O)c1ccc([C@H](C)NC(=O)c2cc(Cl)cnc2Oc2cccc(-c3cccnc3)c2)cc1. The van der Waals surface area contributed by atoms with E-state index in [1.807, 2.05) is 37.3 Å². The Hall–Kier alpha value is -4.23. The molecule has 2 heterocycles. The van der Waals surface area contributed by atoms with Crippen LogP contribution in [0.1, 0.15) is 39.2 Å². The fourth-order valence-electron chi connectivity index (χ4n) is 3.44. The van der Waals surface area contributed by atoms with Gasteiger partial charge in [0.25, 0.3) is 5.91 Å². The molecule has 176 valence electrons. The van der Waals surface area contributed by atoms with Crippen LogP contribution in [0.5, 0.6) is 11.6 Å². The molecule has 0 aliphatic heterocycles. The summed E-state index contributed by atoms with van der Waals surface area (Å²) < 4.78 is 10.7. The quantitative estimate of drug-likeness (QED) is 0.328. The highest BCUT2D eigenvalue weighted by molar-refractivity contribution is 6.30. The number of methoxy groups -OCH3 is 1. The standard InChI is InChI=1S/C27H22ClN3O4/c1-17(18-8-10-19(11-9-18)27(33)34-2)31-25(32)24-14-22(28)16-30-26(24)35-23-7-3-5-20(13-23)21-6-4-12-29-15-21/h3-17H,1-2H3,(H,31,32)/t17-/m0/s1. The van der Waals surface area contributed by atoms with Gasteiger partial charge in [-0.1, -0.05) is 41.9 Å². The number of aromatic nitrogens is 2. The summed E-state index contributed by atoms with van der Waals surface area (Å²) in [6.07, 6.45) is 4.89. The van der Waals surface area contributed by atoms with E-state index >= 15 is 0 Å². The van der Waals surface area contributed by atoms with Crippen molar-refractivity contribution in [3.63, 3.8) is 0 Å². The average molecular weight is 488 g/mol. The molecule has 2 aromatic carbocycles. The molecule has 1 amide bonds. The van der Waals surface area contributed by atoms with Gasteiger partial charge in [0, 0.05) is 24.2 Å². The molecule has 1 N–H and O–H groups in total. The van der Waals surface area contributed by atoms with Crippen LogP contribution in [0, 0.1) is 0 Å². The second-order valence-electron chi connectivity index (χ2n) is 7.69. The number of ether oxygens (including phenoxy) is 2. The molecule has 1 atom stereocenters. The average Bonchev–Trinajstić information content (AvgIpc) is 2.90. The molecule has 4 rings (SSSR count). The first-order chi connectivity index (χ1) is 16.9. The van der Waals surface area contributed by atoms with E-state index in [2.05, 4.69) is 15.3 Å². The summed E-state index contributed by atoms with van der Waals surface area (Å²) in [5.41, 5.74) is 3.29. The Kier molecular flexibility index (Phi) is 7.38. The summed E-state index contributed by atoms with van der Waals surface area (Å²) in [4.78, 5) is 33.2. The van der Waals surface area contributed by atoms with E-state index in [9.17, 15) is 9.59 Å². The number of pyridine rings is 2.